The van der Waals surface area contributed by atoms with Gasteiger partial charge in [-0.3, -0.25) is 0 Å². The molecule has 0 aliphatic heterocycles. The summed E-state index contributed by atoms with van der Waals surface area (Å²) in [4.78, 5) is 0. The monoisotopic (exact) mass is 344 g/mol. The molecule has 0 bridgehead atoms. The fourth-order valence-electron chi connectivity index (χ4n) is 4.27. The molecule has 0 aromatic heterocycles. The molecule has 2 aliphatic rings. The van der Waals surface area contributed by atoms with Gasteiger partial charge >= 0.3 is 0 Å². The van der Waals surface area contributed by atoms with E-state index in [1.165, 1.54) is 25.7 Å². The van der Waals surface area contributed by atoms with Gasteiger partial charge in [-0.05, 0) is 61.0 Å². The van der Waals surface area contributed by atoms with Crippen molar-refractivity contribution < 1.29 is 8.78 Å². The van der Waals surface area contributed by atoms with Crippen LogP contribution >= 0.6 is 0 Å². The molecule has 0 heterocycles. The molecule has 0 N–H and O–H groups in total. The molecule has 0 amide bonds. The highest BCUT2D eigenvalue weighted by atomic mass is 19.2. The van der Waals surface area contributed by atoms with Crippen LogP contribution in [0.2, 0.25) is 0 Å². The van der Waals surface area contributed by atoms with Gasteiger partial charge in [0.15, 0.2) is 11.6 Å². The lowest BCUT2D eigenvalue weighted by Crippen LogP contribution is -2.20. The van der Waals surface area contributed by atoms with Crippen molar-refractivity contribution in [2.75, 3.05) is 0 Å². The van der Waals surface area contributed by atoms with Crippen LogP contribution in [0.4, 0.5) is 8.78 Å². The number of allylic oxidation sites excluding steroid dienone is 4. The van der Waals surface area contributed by atoms with Crippen LogP contribution in [-0.2, 0) is 6.42 Å². The maximum absolute atomic E-state index is 14.5. The first-order chi connectivity index (χ1) is 12.1. The van der Waals surface area contributed by atoms with Gasteiger partial charge in [0.25, 0.3) is 0 Å². The molecular weight excluding hydrogens is 314 g/mol. The SMILES string of the molecule is CCCCc1ccc(C2=CCC([C@H]3CC[C@H](C)CC3)C=C2)c(F)c1F. The number of halogens is 2. The molecule has 0 saturated heterocycles. The van der Waals surface area contributed by atoms with Gasteiger partial charge in [0.05, 0.1) is 0 Å². The highest BCUT2D eigenvalue weighted by molar-refractivity contribution is 5.75. The zero-order valence-electron chi connectivity index (χ0n) is 15.5. The molecule has 2 heteroatoms. The van der Waals surface area contributed by atoms with Gasteiger partial charge in [-0.1, -0.05) is 63.5 Å². The fourth-order valence-corrected chi connectivity index (χ4v) is 4.27. The molecule has 25 heavy (non-hydrogen) atoms. The third-order valence-electron chi connectivity index (χ3n) is 6.07. The lowest BCUT2D eigenvalue weighted by atomic mass is 9.73. The summed E-state index contributed by atoms with van der Waals surface area (Å²) in [6.45, 7) is 4.40. The second-order valence-electron chi connectivity index (χ2n) is 7.94. The molecule has 1 atom stereocenters. The average molecular weight is 344 g/mol. The van der Waals surface area contributed by atoms with Gasteiger partial charge in [0, 0.05) is 5.56 Å². The van der Waals surface area contributed by atoms with Crippen LogP contribution in [0.3, 0.4) is 0 Å². The quantitative estimate of drug-likeness (QED) is 0.534. The topological polar surface area (TPSA) is 0 Å². The van der Waals surface area contributed by atoms with Crippen molar-refractivity contribution in [2.45, 2.75) is 65.2 Å². The largest absolute Gasteiger partial charge is 0.203 e. The fraction of sp³-hybridized carbons (Fsp3) is 0.565. The van der Waals surface area contributed by atoms with Crippen molar-refractivity contribution in [3.8, 4) is 0 Å². The molecule has 0 spiro atoms. The molecule has 136 valence electrons. The second-order valence-corrected chi connectivity index (χ2v) is 7.94. The van der Waals surface area contributed by atoms with Crippen molar-refractivity contribution in [2.24, 2.45) is 17.8 Å². The number of unbranched alkanes of at least 4 members (excludes halogenated alkanes) is 1. The third kappa shape index (κ3) is 4.22. The van der Waals surface area contributed by atoms with E-state index in [0.29, 0.717) is 23.5 Å². The minimum atomic E-state index is -0.686. The van der Waals surface area contributed by atoms with Crippen molar-refractivity contribution in [1.29, 1.82) is 0 Å². The molecule has 1 aromatic carbocycles. The van der Waals surface area contributed by atoms with Crippen LogP contribution in [0.5, 0.6) is 0 Å². The first-order valence-corrected chi connectivity index (χ1v) is 9.95. The van der Waals surface area contributed by atoms with Crippen LogP contribution in [0.1, 0.15) is 69.9 Å². The molecule has 1 saturated carbocycles. The van der Waals surface area contributed by atoms with Gasteiger partial charge in [0.2, 0.25) is 0 Å². The standard InChI is InChI=1S/C23H30F2/c1-3-4-5-20-14-15-21(23(25)22(20)24)19-12-10-18(11-13-19)17-8-6-16(2)7-9-17/h10,12-18H,3-9,11H2,1-2H3/t16-,17-,18?. The summed E-state index contributed by atoms with van der Waals surface area (Å²) >= 11 is 0. The van der Waals surface area contributed by atoms with Crippen LogP contribution in [0.25, 0.3) is 5.57 Å². The van der Waals surface area contributed by atoms with Crippen molar-refractivity contribution in [1.82, 2.24) is 0 Å². The van der Waals surface area contributed by atoms with E-state index >= 15 is 0 Å². The third-order valence-corrected chi connectivity index (χ3v) is 6.07. The van der Waals surface area contributed by atoms with Crippen LogP contribution in [0, 0.1) is 29.4 Å². The van der Waals surface area contributed by atoms with E-state index in [1.807, 2.05) is 6.08 Å². The Labute approximate surface area is 151 Å². The Balaban J connectivity index is 1.69. The summed E-state index contributed by atoms with van der Waals surface area (Å²) in [6.07, 6.45) is 15.0. The Morgan fingerprint density at radius 2 is 1.80 bits per heavy atom. The van der Waals surface area contributed by atoms with E-state index in [9.17, 15) is 8.78 Å². The highest BCUT2D eigenvalue weighted by Crippen LogP contribution is 2.38. The predicted molar refractivity (Wildman–Crippen MR) is 101 cm³/mol. The normalized spacial score (nSPS) is 26.6. The Bertz CT molecular complexity index is 648. The minimum absolute atomic E-state index is 0.407. The molecule has 1 aromatic rings. The molecule has 0 radical (unpaired) electrons. The summed E-state index contributed by atoms with van der Waals surface area (Å²) in [7, 11) is 0. The van der Waals surface area contributed by atoms with E-state index in [-0.39, 0.29) is 0 Å². The smallest absolute Gasteiger partial charge is 0.166 e. The minimum Gasteiger partial charge on any atom is -0.203 e. The predicted octanol–water partition coefficient (Wildman–Crippen LogP) is 7.09. The average Bonchev–Trinajstić information content (AvgIpc) is 2.64. The first kappa shape index (κ1) is 18.4. The van der Waals surface area contributed by atoms with Gasteiger partial charge in [-0.25, -0.2) is 8.78 Å². The van der Waals surface area contributed by atoms with Gasteiger partial charge in [-0.15, -0.1) is 0 Å². The number of hydrogen-bond acceptors (Lipinski definition) is 0. The zero-order valence-corrected chi connectivity index (χ0v) is 15.5. The summed E-state index contributed by atoms with van der Waals surface area (Å²) in [5.41, 5.74) is 1.74. The summed E-state index contributed by atoms with van der Waals surface area (Å²) in [5.74, 6) is 0.826. The number of benzene rings is 1. The molecule has 2 aliphatic carbocycles. The van der Waals surface area contributed by atoms with Gasteiger partial charge in [0.1, 0.15) is 0 Å². The molecular formula is C23H30F2. The summed E-state index contributed by atoms with van der Waals surface area (Å²) in [5, 5.41) is 0. The Morgan fingerprint density at radius 3 is 2.44 bits per heavy atom. The van der Waals surface area contributed by atoms with Crippen LogP contribution < -0.4 is 0 Å². The lowest BCUT2D eigenvalue weighted by Gasteiger charge is -2.32. The number of hydrogen-bond donors (Lipinski definition) is 0. The summed E-state index contributed by atoms with van der Waals surface area (Å²) < 4.78 is 28.8. The zero-order chi connectivity index (χ0) is 17.8. The highest BCUT2D eigenvalue weighted by Gasteiger charge is 2.26. The van der Waals surface area contributed by atoms with E-state index < -0.39 is 11.6 Å². The molecule has 3 rings (SSSR count). The second kappa shape index (κ2) is 8.29. The van der Waals surface area contributed by atoms with Crippen LogP contribution in [-0.4, -0.2) is 0 Å². The van der Waals surface area contributed by atoms with Crippen LogP contribution in [0.15, 0.2) is 30.4 Å². The first-order valence-electron chi connectivity index (χ1n) is 9.95. The van der Waals surface area contributed by atoms with Crippen molar-refractivity contribution in [3.63, 3.8) is 0 Å². The van der Waals surface area contributed by atoms with E-state index in [0.717, 1.165) is 36.7 Å². The summed E-state index contributed by atoms with van der Waals surface area (Å²) in [6, 6.07) is 3.51. The maximum Gasteiger partial charge on any atom is 0.166 e. The van der Waals surface area contributed by atoms with Crippen molar-refractivity contribution >= 4 is 5.57 Å². The number of rotatable bonds is 5. The van der Waals surface area contributed by atoms with E-state index in [1.54, 1.807) is 12.1 Å². The maximum atomic E-state index is 14.5. The Morgan fingerprint density at radius 1 is 1.04 bits per heavy atom. The Hall–Kier alpha value is -1.44. The van der Waals surface area contributed by atoms with E-state index in [4.69, 9.17) is 0 Å². The number of aryl methyl sites for hydroxylation is 1. The molecule has 1 unspecified atom stereocenters. The van der Waals surface area contributed by atoms with E-state index in [2.05, 4.69) is 26.0 Å². The van der Waals surface area contributed by atoms with Gasteiger partial charge < -0.3 is 0 Å². The lowest BCUT2D eigenvalue weighted by molar-refractivity contribution is 0.240. The Kier molecular flexibility index (Phi) is 6.09. The molecule has 0 nitrogen and oxygen atoms in total. The molecule has 1 fully saturated rings. The van der Waals surface area contributed by atoms with Crippen molar-refractivity contribution in [3.05, 3.63) is 53.1 Å². The van der Waals surface area contributed by atoms with Gasteiger partial charge in [-0.2, -0.15) is 0 Å².